The van der Waals surface area contributed by atoms with Crippen molar-refractivity contribution in [3.63, 3.8) is 0 Å². The molecular formula is C4H2ClF3. The molecular weight excluding hydrogens is 140 g/mol. The summed E-state index contributed by atoms with van der Waals surface area (Å²) in [6.07, 6.45) is -1.22. The third-order valence-electron chi connectivity index (χ3n) is 0.335. The Morgan fingerprint density at radius 2 is 1.62 bits per heavy atom. The molecule has 0 amide bonds. The van der Waals surface area contributed by atoms with E-state index in [1.807, 2.05) is 0 Å². The van der Waals surface area contributed by atoms with E-state index in [0.29, 0.717) is 6.08 Å². The van der Waals surface area contributed by atoms with Gasteiger partial charge in [0.15, 0.2) is 5.29 Å². The lowest BCUT2D eigenvalue weighted by atomic mass is 10.6. The minimum Gasteiger partial charge on any atom is -0.194 e. The van der Waals surface area contributed by atoms with Gasteiger partial charge in [-0.05, 0) is 6.08 Å². The van der Waals surface area contributed by atoms with Gasteiger partial charge < -0.3 is 0 Å². The van der Waals surface area contributed by atoms with Crippen LogP contribution in [-0.4, -0.2) is 0 Å². The molecule has 0 saturated heterocycles. The summed E-state index contributed by atoms with van der Waals surface area (Å²) < 4.78 is 33.3. The molecule has 0 atom stereocenters. The normalized spacial score (nSPS) is 11.2. The third-order valence-corrected chi connectivity index (χ3v) is 0.461. The first-order chi connectivity index (χ1) is 3.63. The molecule has 46 valence electrons. The Kier molecular flexibility index (Phi) is 3.35. The van der Waals surface area contributed by atoms with Crippen LogP contribution in [0.5, 0.6) is 0 Å². The Bertz CT molecular complexity index is 103. The SMILES string of the molecule is FC(F)=C/C=C(\F)Cl. The highest BCUT2D eigenvalue weighted by Gasteiger charge is 1.84. The zero-order valence-electron chi connectivity index (χ0n) is 3.67. The van der Waals surface area contributed by atoms with Gasteiger partial charge in [-0.3, -0.25) is 0 Å². The maximum Gasteiger partial charge on any atom is 0.270 e. The first-order valence-electron chi connectivity index (χ1n) is 1.67. The minimum atomic E-state index is -1.97. The zero-order chi connectivity index (χ0) is 6.57. The van der Waals surface area contributed by atoms with Gasteiger partial charge >= 0.3 is 0 Å². The lowest BCUT2D eigenvalue weighted by Gasteiger charge is -1.73. The van der Waals surface area contributed by atoms with Gasteiger partial charge in [0.25, 0.3) is 6.08 Å². The van der Waals surface area contributed by atoms with Gasteiger partial charge in [-0.15, -0.1) is 0 Å². The molecule has 0 heterocycles. The highest BCUT2D eigenvalue weighted by atomic mass is 35.5. The van der Waals surface area contributed by atoms with Gasteiger partial charge in [-0.1, -0.05) is 11.6 Å². The molecule has 0 spiro atoms. The number of hydrogen-bond acceptors (Lipinski definition) is 0. The van der Waals surface area contributed by atoms with Crippen LogP contribution in [0.15, 0.2) is 23.5 Å². The van der Waals surface area contributed by atoms with Crippen molar-refractivity contribution < 1.29 is 13.2 Å². The number of halogens is 4. The lowest BCUT2D eigenvalue weighted by molar-refractivity contribution is 0.422. The first-order valence-corrected chi connectivity index (χ1v) is 2.04. The van der Waals surface area contributed by atoms with Gasteiger partial charge in [0.1, 0.15) is 0 Å². The highest BCUT2D eigenvalue weighted by molar-refractivity contribution is 6.28. The fourth-order valence-electron chi connectivity index (χ4n) is 0.126. The van der Waals surface area contributed by atoms with Crippen LogP contribution in [0, 0.1) is 0 Å². The van der Waals surface area contributed by atoms with E-state index in [0.717, 1.165) is 0 Å². The smallest absolute Gasteiger partial charge is 0.194 e. The van der Waals surface area contributed by atoms with Crippen molar-refractivity contribution in [2.75, 3.05) is 0 Å². The predicted octanol–water partition coefficient (Wildman–Crippen LogP) is 2.82. The van der Waals surface area contributed by atoms with E-state index in [4.69, 9.17) is 0 Å². The molecule has 0 aliphatic heterocycles. The van der Waals surface area contributed by atoms with Crippen LogP contribution < -0.4 is 0 Å². The summed E-state index contributed by atoms with van der Waals surface area (Å²) in [5.41, 5.74) is 0. The average Bonchev–Trinajstić information content (AvgIpc) is 1.61. The quantitative estimate of drug-likeness (QED) is 0.494. The number of hydrogen-bond donors (Lipinski definition) is 0. The van der Waals surface area contributed by atoms with Gasteiger partial charge in [0.05, 0.1) is 0 Å². The molecule has 0 radical (unpaired) electrons. The van der Waals surface area contributed by atoms with Crippen LogP contribution in [0.1, 0.15) is 0 Å². The molecule has 0 bridgehead atoms. The largest absolute Gasteiger partial charge is 0.270 e. The Labute approximate surface area is 49.3 Å². The van der Waals surface area contributed by atoms with Crippen LogP contribution in [0.4, 0.5) is 13.2 Å². The Balaban J connectivity index is 3.76. The molecule has 0 aromatic rings. The molecule has 0 nitrogen and oxygen atoms in total. The molecule has 0 N–H and O–H groups in total. The summed E-state index contributed by atoms with van der Waals surface area (Å²) in [5, 5.41) is -1.15. The topological polar surface area (TPSA) is 0 Å². The maximum absolute atomic E-state index is 11.3. The third kappa shape index (κ3) is 5.56. The summed E-state index contributed by atoms with van der Waals surface area (Å²) in [6, 6.07) is 0. The van der Waals surface area contributed by atoms with Gasteiger partial charge in [0, 0.05) is 6.08 Å². The van der Waals surface area contributed by atoms with Crippen molar-refractivity contribution in [1.82, 2.24) is 0 Å². The van der Waals surface area contributed by atoms with Crippen LogP contribution in [-0.2, 0) is 0 Å². The average molecular weight is 143 g/mol. The standard InChI is InChI=1S/C4H2ClF3/c5-3(6)1-2-4(7)8/h1-2H/b3-1-. The lowest BCUT2D eigenvalue weighted by Crippen LogP contribution is -1.55. The van der Waals surface area contributed by atoms with Crippen molar-refractivity contribution in [3.8, 4) is 0 Å². The summed E-state index contributed by atoms with van der Waals surface area (Å²) in [6.45, 7) is 0. The predicted molar refractivity (Wildman–Crippen MR) is 25.3 cm³/mol. The summed E-state index contributed by atoms with van der Waals surface area (Å²) in [7, 11) is 0. The molecule has 0 rings (SSSR count). The van der Waals surface area contributed by atoms with Crippen molar-refractivity contribution in [3.05, 3.63) is 23.5 Å². The summed E-state index contributed by atoms with van der Waals surface area (Å²) in [5.74, 6) is 0. The van der Waals surface area contributed by atoms with Crippen LogP contribution in [0.2, 0.25) is 0 Å². The molecule has 0 unspecified atom stereocenters. The van der Waals surface area contributed by atoms with Crippen LogP contribution >= 0.6 is 11.6 Å². The van der Waals surface area contributed by atoms with E-state index in [-0.39, 0.29) is 6.08 Å². The van der Waals surface area contributed by atoms with Crippen molar-refractivity contribution in [1.29, 1.82) is 0 Å². The van der Waals surface area contributed by atoms with E-state index < -0.39 is 11.4 Å². The maximum atomic E-state index is 11.3. The molecule has 0 aliphatic carbocycles. The second-order valence-corrected chi connectivity index (χ2v) is 1.27. The molecule has 0 aliphatic rings. The van der Waals surface area contributed by atoms with Crippen LogP contribution in [0.25, 0.3) is 0 Å². The van der Waals surface area contributed by atoms with E-state index >= 15 is 0 Å². The van der Waals surface area contributed by atoms with E-state index in [1.165, 1.54) is 0 Å². The Morgan fingerprint density at radius 1 is 1.12 bits per heavy atom. The number of rotatable bonds is 1. The monoisotopic (exact) mass is 142 g/mol. The second kappa shape index (κ2) is 3.55. The van der Waals surface area contributed by atoms with Gasteiger partial charge in [-0.2, -0.15) is 13.2 Å². The van der Waals surface area contributed by atoms with Crippen molar-refractivity contribution in [2.24, 2.45) is 0 Å². The van der Waals surface area contributed by atoms with Gasteiger partial charge in [0.2, 0.25) is 0 Å². The van der Waals surface area contributed by atoms with E-state index in [1.54, 1.807) is 0 Å². The van der Waals surface area contributed by atoms with Crippen LogP contribution in [0.3, 0.4) is 0 Å². The minimum absolute atomic E-state index is 0.280. The molecule has 0 fully saturated rings. The number of allylic oxidation sites excluding steroid dienone is 2. The first kappa shape index (κ1) is 7.56. The van der Waals surface area contributed by atoms with Gasteiger partial charge in [-0.25, -0.2) is 0 Å². The molecule has 8 heavy (non-hydrogen) atoms. The second-order valence-electron chi connectivity index (χ2n) is 0.913. The van der Waals surface area contributed by atoms with E-state index in [9.17, 15) is 13.2 Å². The molecule has 0 saturated carbocycles. The van der Waals surface area contributed by atoms with Crippen molar-refractivity contribution in [2.45, 2.75) is 0 Å². The fourth-order valence-corrected chi connectivity index (χ4v) is 0.189. The summed E-state index contributed by atoms with van der Waals surface area (Å²) in [4.78, 5) is 0. The zero-order valence-corrected chi connectivity index (χ0v) is 4.42. The Hall–Kier alpha value is -0.440. The van der Waals surface area contributed by atoms with Crippen molar-refractivity contribution >= 4 is 11.6 Å². The molecule has 4 heteroatoms. The van der Waals surface area contributed by atoms with E-state index in [2.05, 4.69) is 11.6 Å². The summed E-state index contributed by atoms with van der Waals surface area (Å²) >= 11 is 4.54. The fraction of sp³-hybridized carbons (Fsp3) is 0. The molecule has 0 aromatic carbocycles. The highest BCUT2D eigenvalue weighted by Crippen LogP contribution is 2.04. The Morgan fingerprint density at radius 3 is 1.75 bits per heavy atom. The molecule has 0 aromatic heterocycles.